The van der Waals surface area contributed by atoms with Gasteiger partial charge in [0.05, 0.1) is 6.10 Å². The second-order valence-corrected chi connectivity index (χ2v) is 5.49. The largest absolute Gasteiger partial charge is 0.392 e. The number of nitrogens with one attached hydrogen (secondary N) is 1. The third-order valence-electron chi connectivity index (χ3n) is 3.64. The first-order chi connectivity index (χ1) is 5.96. The van der Waals surface area contributed by atoms with Crippen LogP contribution in [0, 0.1) is 10.8 Å². The number of hydrogen-bond acceptors (Lipinski definition) is 3. The average Bonchev–Trinajstić information content (AvgIpc) is 1.97. The van der Waals surface area contributed by atoms with Gasteiger partial charge >= 0.3 is 0 Å². The first-order valence-corrected chi connectivity index (χ1v) is 5.04. The smallest absolute Gasteiger partial charge is 0.0696 e. The lowest BCUT2D eigenvalue weighted by Crippen LogP contribution is -2.68. The van der Waals surface area contributed by atoms with Gasteiger partial charge in [-0.2, -0.15) is 0 Å². The van der Waals surface area contributed by atoms with E-state index in [1.165, 1.54) is 0 Å². The van der Waals surface area contributed by atoms with Crippen LogP contribution in [0.1, 0.15) is 13.8 Å². The molecule has 2 atom stereocenters. The molecule has 0 amide bonds. The number of hydrogen-bond donors (Lipinski definition) is 2. The van der Waals surface area contributed by atoms with Crippen molar-refractivity contribution in [2.24, 2.45) is 10.8 Å². The predicted molar refractivity (Wildman–Crippen MR) is 52.6 cm³/mol. The normalized spacial score (nSPS) is 52.2. The summed E-state index contributed by atoms with van der Waals surface area (Å²) in [5.41, 5.74) is 0.0833. The summed E-state index contributed by atoms with van der Waals surface area (Å²) in [5.74, 6) is 0. The van der Waals surface area contributed by atoms with E-state index in [4.69, 9.17) is 0 Å². The van der Waals surface area contributed by atoms with Gasteiger partial charge in [0.25, 0.3) is 0 Å². The van der Waals surface area contributed by atoms with Gasteiger partial charge in [-0.05, 0) is 7.05 Å². The lowest BCUT2D eigenvalue weighted by Gasteiger charge is -2.56. The minimum Gasteiger partial charge on any atom is -0.392 e. The van der Waals surface area contributed by atoms with Gasteiger partial charge in [0.15, 0.2) is 0 Å². The molecule has 0 aromatic rings. The predicted octanol–water partition coefficient (Wildman–Crippen LogP) is -0.0915. The fraction of sp³-hybridized carbons (Fsp3) is 1.00. The fourth-order valence-corrected chi connectivity index (χ4v) is 3.24. The highest BCUT2D eigenvalue weighted by atomic mass is 16.3. The summed E-state index contributed by atoms with van der Waals surface area (Å²) in [6.45, 7) is 8.23. The van der Waals surface area contributed by atoms with Crippen LogP contribution in [0.25, 0.3) is 0 Å². The molecular formula is C10H20N2O. The van der Waals surface area contributed by atoms with Crippen LogP contribution in [0.4, 0.5) is 0 Å². The molecule has 0 aromatic carbocycles. The molecule has 0 radical (unpaired) electrons. The highest BCUT2D eigenvalue weighted by Gasteiger charge is 2.52. The Kier molecular flexibility index (Phi) is 1.95. The van der Waals surface area contributed by atoms with Gasteiger partial charge < -0.3 is 15.3 Å². The molecule has 0 aliphatic carbocycles. The highest BCUT2D eigenvalue weighted by molar-refractivity contribution is 5.06. The molecule has 2 N–H and O–H groups in total. The number of aliphatic hydroxyl groups is 1. The molecule has 2 heterocycles. The topological polar surface area (TPSA) is 35.5 Å². The van der Waals surface area contributed by atoms with Crippen molar-refractivity contribution >= 4 is 0 Å². The third-order valence-corrected chi connectivity index (χ3v) is 3.64. The van der Waals surface area contributed by atoms with Crippen molar-refractivity contribution in [3.63, 3.8) is 0 Å². The van der Waals surface area contributed by atoms with E-state index >= 15 is 0 Å². The Bertz CT molecular complexity index is 201. The van der Waals surface area contributed by atoms with Gasteiger partial charge in [-0.15, -0.1) is 0 Å². The van der Waals surface area contributed by atoms with Gasteiger partial charge in [0, 0.05) is 37.0 Å². The van der Waals surface area contributed by atoms with Crippen molar-refractivity contribution in [3.05, 3.63) is 0 Å². The number of rotatable bonds is 0. The van der Waals surface area contributed by atoms with Crippen LogP contribution >= 0.6 is 0 Å². The Balaban J connectivity index is 2.29. The SMILES string of the molecule is CN1CC2(C)CNCC(C)(C1)C2O. The molecule has 3 heteroatoms. The van der Waals surface area contributed by atoms with Gasteiger partial charge in [-0.3, -0.25) is 0 Å². The highest BCUT2D eigenvalue weighted by Crippen LogP contribution is 2.42. The Labute approximate surface area is 80.1 Å². The first-order valence-electron chi connectivity index (χ1n) is 5.04. The number of fused-ring (bicyclic) bond motifs is 2. The van der Waals surface area contributed by atoms with Crippen molar-refractivity contribution in [2.45, 2.75) is 20.0 Å². The molecule has 2 unspecified atom stereocenters. The Hall–Kier alpha value is -0.120. The van der Waals surface area contributed by atoms with E-state index in [2.05, 4.69) is 31.1 Å². The molecule has 0 aromatic heterocycles. The zero-order valence-corrected chi connectivity index (χ0v) is 8.80. The molecule has 3 nitrogen and oxygen atoms in total. The van der Waals surface area contributed by atoms with Crippen LogP contribution in [0.3, 0.4) is 0 Å². The summed E-state index contributed by atoms with van der Waals surface area (Å²) in [6, 6.07) is 0. The maximum atomic E-state index is 10.3. The van der Waals surface area contributed by atoms with Crippen molar-refractivity contribution in [1.82, 2.24) is 10.2 Å². The summed E-state index contributed by atoms with van der Waals surface area (Å²) in [5, 5.41) is 13.7. The van der Waals surface area contributed by atoms with Crippen LogP contribution in [0.5, 0.6) is 0 Å². The monoisotopic (exact) mass is 184 g/mol. The molecule has 2 bridgehead atoms. The molecule has 0 spiro atoms. The maximum Gasteiger partial charge on any atom is 0.0696 e. The molecule has 76 valence electrons. The molecular weight excluding hydrogens is 164 g/mol. The van der Waals surface area contributed by atoms with Crippen molar-refractivity contribution in [2.75, 3.05) is 33.2 Å². The number of likely N-dealkylation sites (tertiary alicyclic amines) is 1. The van der Waals surface area contributed by atoms with Crippen molar-refractivity contribution in [1.29, 1.82) is 0 Å². The van der Waals surface area contributed by atoms with Crippen LogP contribution in [-0.2, 0) is 0 Å². The molecule has 2 rings (SSSR count). The second kappa shape index (κ2) is 2.69. The van der Waals surface area contributed by atoms with Crippen molar-refractivity contribution < 1.29 is 5.11 Å². The Morgan fingerprint density at radius 3 is 2.15 bits per heavy atom. The van der Waals surface area contributed by atoms with Crippen molar-refractivity contribution in [3.8, 4) is 0 Å². The lowest BCUT2D eigenvalue weighted by atomic mass is 9.64. The number of nitrogens with zero attached hydrogens (tertiary/aromatic N) is 1. The average molecular weight is 184 g/mol. The second-order valence-electron chi connectivity index (χ2n) is 5.49. The van der Waals surface area contributed by atoms with E-state index in [9.17, 15) is 5.11 Å². The summed E-state index contributed by atoms with van der Waals surface area (Å²) >= 11 is 0. The number of piperidine rings is 2. The molecule has 2 aliphatic heterocycles. The molecule has 2 saturated heterocycles. The van der Waals surface area contributed by atoms with E-state index in [0.717, 1.165) is 26.2 Å². The summed E-state index contributed by atoms with van der Waals surface area (Å²) in [4.78, 5) is 2.34. The van der Waals surface area contributed by atoms with E-state index in [1.54, 1.807) is 0 Å². The third kappa shape index (κ3) is 1.30. The lowest BCUT2D eigenvalue weighted by molar-refractivity contribution is -0.135. The first kappa shape index (κ1) is 9.44. The summed E-state index contributed by atoms with van der Waals surface area (Å²) in [7, 11) is 2.15. The van der Waals surface area contributed by atoms with E-state index in [0.29, 0.717) is 0 Å². The van der Waals surface area contributed by atoms with E-state index < -0.39 is 0 Å². The van der Waals surface area contributed by atoms with Crippen LogP contribution in [0.2, 0.25) is 0 Å². The molecule has 2 aliphatic rings. The molecule has 0 saturated carbocycles. The summed E-state index contributed by atoms with van der Waals surface area (Å²) < 4.78 is 0. The molecule has 13 heavy (non-hydrogen) atoms. The quantitative estimate of drug-likeness (QED) is 0.552. The Morgan fingerprint density at radius 2 is 1.69 bits per heavy atom. The fourth-order valence-electron chi connectivity index (χ4n) is 3.24. The van der Waals surface area contributed by atoms with Gasteiger partial charge in [0.1, 0.15) is 0 Å². The van der Waals surface area contributed by atoms with E-state index in [1.807, 2.05) is 0 Å². The summed E-state index contributed by atoms with van der Waals surface area (Å²) in [6.07, 6.45) is -0.155. The standard InChI is InChI=1S/C10H20N2O/c1-9-4-11-5-10(2,8(9)13)7-12(3)6-9/h8,11,13H,4-7H2,1-3H3. The van der Waals surface area contributed by atoms with Crippen LogP contribution < -0.4 is 5.32 Å². The van der Waals surface area contributed by atoms with Crippen LogP contribution in [0.15, 0.2) is 0 Å². The minimum absolute atomic E-state index is 0.0417. The zero-order chi connectivity index (χ0) is 9.69. The zero-order valence-electron chi connectivity index (χ0n) is 8.80. The number of aliphatic hydroxyl groups excluding tert-OH is 1. The minimum atomic E-state index is -0.155. The van der Waals surface area contributed by atoms with Gasteiger partial charge in [-0.25, -0.2) is 0 Å². The van der Waals surface area contributed by atoms with E-state index in [-0.39, 0.29) is 16.9 Å². The van der Waals surface area contributed by atoms with Gasteiger partial charge in [0.2, 0.25) is 0 Å². The maximum absolute atomic E-state index is 10.3. The Morgan fingerprint density at radius 1 is 1.23 bits per heavy atom. The molecule has 2 fully saturated rings. The van der Waals surface area contributed by atoms with Crippen LogP contribution in [-0.4, -0.2) is 49.3 Å². The van der Waals surface area contributed by atoms with Gasteiger partial charge in [-0.1, -0.05) is 13.8 Å².